The SMILES string of the molecule is COc1cc2ncc3c(c(-c4ccc(C#N)cc4)nn3C)c2cc1OS(=O)(=O)c1ccc(C)cc1. The van der Waals surface area contributed by atoms with Crippen LogP contribution in [0.25, 0.3) is 33.1 Å². The van der Waals surface area contributed by atoms with Crippen molar-refractivity contribution in [2.75, 3.05) is 7.11 Å². The fraction of sp³-hybridized carbons (Fsp3) is 0.115. The highest BCUT2D eigenvalue weighted by Crippen LogP contribution is 2.39. The van der Waals surface area contributed by atoms with Gasteiger partial charge in [0.1, 0.15) is 10.6 Å². The Morgan fingerprint density at radius 1 is 1.00 bits per heavy atom. The van der Waals surface area contributed by atoms with E-state index >= 15 is 0 Å². The largest absolute Gasteiger partial charge is 0.493 e. The molecule has 9 heteroatoms. The van der Waals surface area contributed by atoms with E-state index in [0.717, 1.165) is 22.0 Å². The summed E-state index contributed by atoms with van der Waals surface area (Å²) in [5.74, 6) is 0.286. The highest BCUT2D eigenvalue weighted by atomic mass is 32.2. The van der Waals surface area contributed by atoms with Crippen LogP contribution in [0.5, 0.6) is 11.5 Å². The van der Waals surface area contributed by atoms with Crippen molar-refractivity contribution in [3.8, 4) is 28.8 Å². The maximum Gasteiger partial charge on any atom is 0.339 e. The number of ether oxygens (including phenoxy) is 1. The number of rotatable bonds is 5. The molecule has 0 atom stereocenters. The number of nitriles is 1. The van der Waals surface area contributed by atoms with Crippen LogP contribution in [-0.2, 0) is 17.2 Å². The van der Waals surface area contributed by atoms with Crippen LogP contribution in [0.2, 0.25) is 0 Å². The van der Waals surface area contributed by atoms with Gasteiger partial charge >= 0.3 is 10.1 Å². The summed E-state index contributed by atoms with van der Waals surface area (Å²) in [4.78, 5) is 4.57. The first-order valence-electron chi connectivity index (χ1n) is 10.7. The monoisotopic (exact) mass is 484 g/mol. The third-order valence-corrected chi connectivity index (χ3v) is 7.01. The number of aromatic nitrogens is 3. The van der Waals surface area contributed by atoms with Gasteiger partial charge in [0.25, 0.3) is 0 Å². The van der Waals surface area contributed by atoms with Crippen LogP contribution in [-0.4, -0.2) is 30.3 Å². The van der Waals surface area contributed by atoms with E-state index in [0.29, 0.717) is 22.2 Å². The minimum Gasteiger partial charge on any atom is -0.493 e. The van der Waals surface area contributed by atoms with Crippen LogP contribution < -0.4 is 8.92 Å². The van der Waals surface area contributed by atoms with Gasteiger partial charge in [-0.25, -0.2) is 0 Å². The second kappa shape index (κ2) is 8.42. The van der Waals surface area contributed by atoms with Gasteiger partial charge in [0.05, 0.1) is 36.0 Å². The van der Waals surface area contributed by atoms with Crippen molar-refractivity contribution in [3.05, 3.63) is 78.0 Å². The zero-order chi connectivity index (χ0) is 24.7. The van der Waals surface area contributed by atoms with Crippen molar-refractivity contribution < 1.29 is 17.3 Å². The molecule has 0 saturated heterocycles. The smallest absolute Gasteiger partial charge is 0.339 e. The molecule has 0 aliphatic heterocycles. The van der Waals surface area contributed by atoms with Gasteiger partial charge in [-0.2, -0.15) is 18.8 Å². The van der Waals surface area contributed by atoms with Gasteiger partial charge in [0.15, 0.2) is 11.5 Å². The molecule has 0 unspecified atom stereocenters. The fourth-order valence-corrected chi connectivity index (χ4v) is 4.87. The van der Waals surface area contributed by atoms with Crippen molar-refractivity contribution in [2.24, 2.45) is 7.05 Å². The van der Waals surface area contributed by atoms with Gasteiger partial charge in [-0.1, -0.05) is 29.8 Å². The number of fused-ring (bicyclic) bond motifs is 3. The van der Waals surface area contributed by atoms with Gasteiger partial charge in [0.2, 0.25) is 0 Å². The number of hydrogen-bond donors (Lipinski definition) is 0. The van der Waals surface area contributed by atoms with Gasteiger partial charge in [-0.3, -0.25) is 9.67 Å². The van der Waals surface area contributed by atoms with Gasteiger partial charge in [0, 0.05) is 29.4 Å². The number of aryl methyl sites for hydroxylation is 2. The Balaban J connectivity index is 1.72. The summed E-state index contributed by atoms with van der Waals surface area (Å²) in [5.41, 5.74) is 4.33. The van der Waals surface area contributed by atoms with Crippen molar-refractivity contribution >= 4 is 31.9 Å². The van der Waals surface area contributed by atoms with E-state index in [-0.39, 0.29) is 16.4 Å². The summed E-state index contributed by atoms with van der Waals surface area (Å²) in [7, 11) is -0.848. The Morgan fingerprint density at radius 2 is 1.71 bits per heavy atom. The van der Waals surface area contributed by atoms with Crippen molar-refractivity contribution in [1.82, 2.24) is 14.8 Å². The molecule has 0 aliphatic rings. The first kappa shape index (κ1) is 22.4. The molecule has 35 heavy (non-hydrogen) atoms. The van der Waals surface area contributed by atoms with Gasteiger partial charge in [-0.15, -0.1) is 0 Å². The molecule has 3 aromatic carbocycles. The Bertz CT molecular complexity index is 1730. The lowest BCUT2D eigenvalue weighted by Crippen LogP contribution is -2.10. The molecule has 174 valence electrons. The zero-order valence-corrected chi connectivity index (χ0v) is 20.0. The number of nitrogens with zero attached hydrogens (tertiary/aromatic N) is 4. The first-order valence-corrected chi connectivity index (χ1v) is 12.1. The highest BCUT2D eigenvalue weighted by molar-refractivity contribution is 7.87. The van der Waals surface area contributed by atoms with E-state index in [4.69, 9.17) is 14.2 Å². The molecular formula is C26H20N4O4S. The average molecular weight is 485 g/mol. The van der Waals surface area contributed by atoms with Crippen LogP contribution in [0.3, 0.4) is 0 Å². The molecule has 0 bridgehead atoms. The van der Waals surface area contributed by atoms with Crippen LogP contribution in [0.4, 0.5) is 0 Å². The standard InChI is InChI=1S/C26H20N4O4S/c1-16-4-10-19(11-5-16)35(31,32)34-24-12-20-21(13-23(24)33-3)28-15-22-25(20)26(29-30(22)2)18-8-6-17(14-27)7-9-18/h4-13,15H,1-3H3. The molecular weight excluding hydrogens is 464 g/mol. The molecule has 0 fully saturated rings. The first-order chi connectivity index (χ1) is 16.8. The molecule has 2 aromatic heterocycles. The molecule has 0 N–H and O–H groups in total. The molecule has 0 radical (unpaired) electrons. The lowest BCUT2D eigenvalue weighted by Gasteiger charge is -2.13. The Kier molecular flexibility index (Phi) is 5.38. The minimum atomic E-state index is -4.10. The summed E-state index contributed by atoms with van der Waals surface area (Å²) < 4.78 is 38.7. The molecule has 0 amide bonds. The summed E-state index contributed by atoms with van der Waals surface area (Å²) in [5, 5.41) is 15.2. The quantitative estimate of drug-likeness (QED) is 0.332. The van der Waals surface area contributed by atoms with Gasteiger partial charge in [-0.05, 0) is 37.3 Å². The minimum absolute atomic E-state index is 0.0428. The Labute approximate surface area is 202 Å². The zero-order valence-electron chi connectivity index (χ0n) is 19.2. The van der Waals surface area contributed by atoms with Crippen LogP contribution in [0.15, 0.2) is 71.8 Å². The molecule has 2 heterocycles. The topological polar surface area (TPSA) is 107 Å². The van der Waals surface area contributed by atoms with Crippen LogP contribution in [0.1, 0.15) is 11.1 Å². The number of methoxy groups -OCH3 is 1. The van der Waals surface area contributed by atoms with Crippen molar-refractivity contribution in [1.29, 1.82) is 5.26 Å². The maximum atomic E-state index is 13.0. The van der Waals surface area contributed by atoms with Crippen molar-refractivity contribution in [3.63, 3.8) is 0 Å². The lowest BCUT2D eigenvalue weighted by atomic mass is 10.0. The van der Waals surface area contributed by atoms with E-state index in [9.17, 15) is 8.42 Å². The molecule has 5 aromatic rings. The van der Waals surface area contributed by atoms with E-state index < -0.39 is 10.1 Å². The molecule has 0 saturated carbocycles. The summed E-state index contributed by atoms with van der Waals surface area (Å²) in [6.07, 6.45) is 1.71. The van der Waals surface area contributed by atoms with Gasteiger partial charge < -0.3 is 8.92 Å². The van der Waals surface area contributed by atoms with E-state index in [1.54, 1.807) is 47.3 Å². The summed E-state index contributed by atoms with van der Waals surface area (Å²) in [6.45, 7) is 1.88. The summed E-state index contributed by atoms with van der Waals surface area (Å²) in [6, 6.07) is 18.9. The summed E-state index contributed by atoms with van der Waals surface area (Å²) >= 11 is 0. The van der Waals surface area contributed by atoms with E-state index in [1.807, 2.05) is 26.1 Å². The Morgan fingerprint density at radius 3 is 2.37 bits per heavy atom. The fourth-order valence-electron chi connectivity index (χ4n) is 3.94. The van der Waals surface area contributed by atoms with E-state index in [1.165, 1.54) is 19.2 Å². The van der Waals surface area contributed by atoms with Crippen LogP contribution in [0, 0.1) is 18.3 Å². The molecule has 0 aliphatic carbocycles. The highest BCUT2D eigenvalue weighted by Gasteiger charge is 2.22. The molecule has 0 spiro atoms. The van der Waals surface area contributed by atoms with Crippen molar-refractivity contribution in [2.45, 2.75) is 11.8 Å². The second-order valence-electron chi connectivity index (χ2n) is 8.05. The molecule has 5 rings (SSSR count). The maximum absolute atomic E-state index is 13.0. The third kappa shape index (κ3) is 3.94. The predicted molar refractivity (Wildman–Crippen MR) is 132 cm³/mol. The third-order valence-electron chi connectivity index (χ3n) is 5.77. The predicted octanol–water partition coefficient (Wildman–Crippen LogP) is 4.74. The lowest BCUT2D eigenvalue weighted by molar-refractivity contribution is 0.391. The average Bonchev–Trinajstić information content (AvgIpc) is 3.20. The second-order valence-corrected chi connectivity index (χ2v) is 9.60. The van der Waals surface area contributed by atoms with Crippen LogP contribution >= 0.6 is 0 Å². The number of hydrogen-bond acceptors (Lipinski definition) is 7. The number of pyridine rings is 1. The van der Waals surface area contributed by atoms with E-state index in [2.05, 4.69) is 16.2 Å². The number of benzene rings is 3. The normalized spacial score (nSPS) is 11.5. The molecule has 8 nitrogen and oxygen atoms in total. The Hall–Kier alpha value is -4.42.